The maximum Gasteiger partial charge on any atom is 0.227 e. The summed E-state index contributed by atoms with van der Waals surface area (Å²) in [6, 6.07) is 10.3. The van der Waals surface area contributed by atoms with Crippen molar-refractivity contribution in [2.45, 2.75) is 33.1 Å². The minimum absolute atomic E-state index is 0.0413. The van der Waals surface area contributed by atoms with E-state index in [4.69, 9.17) is 4.98 Å². The molecule has 1 saturated heterocycles. The van der Waals surface area contributed by atoms with Crippen LogP contribution in [0.4, 0.5) is 17.5 Å². The van der Waals surface area contributed by atoms with Crippen LogP contribution in [-0.2, 0) is 10.2 Å². The summed E-state index contributed by atoms with van der Waals surface area (Å²) >= 11 is 0. The minimum Gasteiger partial charge on any atom is -0.342 e. The molecule has 0 radical (unpaired) electrons. The van der Waals surface area contributed by atoms with Gasteiger partial charge < -0.3 is 15.1 Å². The summed E-state index contributed by atoms with van der Waals surface area (Å²) in [5, 5.41) is 3.47. The van der Waals surface area contributed by atoms with Crippen LogP contribution in [0.1, 0.15) is 32.0 Å². The Bertz CT molecular complexity index is 776. The van der Waals surface area contributed by atoms with Gasteiger partial charge >= 0.3 is 0 Å². The highest BCUT2D eigenvalue weighted by atomic mass is 16.1. The van der Waals surface area contributed by atoms with Crippen molar-refractivity contribution in [1.29, 1.82) is 0 Å². The van der Waals surface area contributed by atoms with Crippen molar-refractivity contribution in [2.75, 3.05) is 36.4 Å². The van der Waals surface area contributed by atoms with Gasteiger partial charge in [-0.25, -0.2) is 4.98 Å². The van der Waals surface area contributed by atoms with E-state index in [-0.39, 0.29) is 5.41 Å². The van der Waals surface area contributed by atoms with Crippen LogP contribution in [0.15, 0.2) is 30.3 Å². The van der Waals surface area contributed by atoms with E-state index in [1.54, 1.807) is 4.90 Å². The summed E-state index contributed by atoms with van der Waals surface area (Å²) in [5.41, 5.74) is 3.27. The second-order valence-corrected chi connectivity index (χ2v) is 7.74. The molecule has 1 N–H and O–H groups in total. The van der Waals surface area contributed by atoms with Gasteiger partial charge in [0.05, 0.1) is 0 Å². The molecule has 1 fully saturated rings. The molecule has 1 aliphatic rings. The van der Waals surface area contributed by atoms with Gasteiger partial charge in [-0.15, -0.1) is 0 Å². The SMILES string of the molecule is Cc1cc(Nc2ccccc2C(C)(C)C)nc(N2CCN(C=O)CC2)n1. The summed E-state index contributed by atoms with van der Waals surface area (Å²) in [5.74, 6) is 1.51. The number of anilines is 3. The number of rotatable bonds is 4. The largest absolute Gasteiger partial charge is 0.342 e. The number of aryl methyl sites for hydroxylation is 1. The first-order valence-electron chi connectivity index (χ1n) is 9.03. The molecule has 1 amide bonds. The zero-order valence-electron chi connectivity index (χ0n) is 16.0. The Balaban J connectivity index is 1.84. The third kappa shape index (κ3) is 4.12. The Labute approximate surface area is 155 Å². The lowest BCUT2D eigenvalue weighted by Gasteiger charge is -2.32. The van der Waals surface area contributed by atoms with Gasteiger partial charge in [-0.1, -0.05) is 39.0 Å². The molecule has 3 rings (SSSR count). The number of carbonyl (C=O) groups excluding carboxylic acids is 1. The lowest BCUT2D eigenvalue weighted by atomic mass is 9.86. The van der Waals surface area contributed by atoms with Crippen molar-refractivity contribution in [3.8, 4) is 0 Å². The Morgan fingerprint density at radius 3 is 2.42 bits per heavy atom. The first-order chi connectivity index (χ1) is 12.4. The van der Waals surface area contributed by atoms with Crippen molar-refractivity contribution in [3.63, 3.8) is 0 Å². The number of carbonyl (C=O) groups is 1. The molecular weight excluding hydrogens is 326 g/mol. The monoisotopic (exact) mass is 353 g/mol. The molecule has 26 heavy (non-hydrogen) atoms. The Hall–Kier alpha value is -2.63. The molecular formula is C20H27N5O. The lowest BCUT2D eigenvalue weighted by Crippen LogP contribution is -2.46. The number of piperazine rings is 1. The third-order valence-electron chi connectivity index (χ3n) is 4.59. The molecule has 2 aromatic rings. The van der Waals surface area contributed by atoms with Gasteiger partial charge in [-0.3, -0.25) is 4.79 Å². The molecule has 1 aromatic carbocycles. The Morgan fingerprint density at radius 1 is 1.08 bits per heavy atom. The maximum absolute atomic E-state index is 10.9. The number of para-hydroxylation sites is 1. The van der Waals surface area contributed by atoms with Gasteiger partial charge in [0.1, 0.15) is 5.82 Å². The summed E-state index contributed by atoms with van der Waals surface area (Å²) in [6.45, 7) is 11.5. The minimum atomic E-state index is 0.0413. The molecule has 0 saturated carbocycles. The molecule has 1 aliphatic heterocycles. The first kappa shape index (κ1) is 18.2. The fraction of sp³-hybridized carbons (Fsp3) is 0.450. The van der Waals surface area contributed by atoms with Gasteiger partial charge in [0.15, 0.2) is 0 Å². The Kier molecular flexibility index (Phi) is 5.11. The summed E-state index contributed by atoms with van der Waals surface area (Å²) in [7, 11) is 0. The second-order valence-electron chi connectivity index (χ2n) is 7.74. The van der Waals surface area contributed by atoms with Gasteiger partial charge in [0.25, 0.3) is 0 Å². The van der Waals surface area contributed by atoms with E-state index in [0.717, 1.165) is 36.7 Å². The zero-order chi connectivity index (χ0) is 18.7. The number of benzene rings is 1. The first-order valence-corrected chi connectivity index (χ1v) is 9.03. The average Bonchev–Trinajstić information content (AvgIpc) is 2.61. The normalized spacial score (nSPS) is 15.1. The molecule has 6 nitrogen and oxygen atoms in total. The third-order valence-corrected chi connectivity index (χ3v) is 4.59. The highest BCUT2D eigenvalue weighted by Crippen LogP contribution is 2.31. The number of hydrogen-bond acceptors (Lipinski definition) is 5. The molecule has 0 spiro atoms. The highest BCUT2D eigenvalue weighted by molar-refractivity contribution is 5.63. The molecule has 0 bridgehead atoms. The van der Waals surface area contributed by atoms with E-state index in [2.05, 4.69) is 54.2 Å². The maximum atomic E-state index is 10.9. The van der Waals surface area contributed by atoms with Crippen LogP contribution in [0.5, 0.6) is 0 Å². The average molecular weight is 353 g/mol. The van der Waals surface area contributed by atoms with E-state index in [0.29, 0.717) is 19.0 Å². The summed E-state index contributed by atoms with van der Waals surface area (Å²) < 4.78 is 0. The number of nitrogens with zero attached hydrogens (tertiary/aromatic N) is 4. The van der Waals surface area contributed by atoms with Crippen molar-refractivity contribution >= 4 is 23.9 Å². The van der Waals surface area contributed by atoms with Crippen molar-refractivity contribution < 1.29 is 4.79 Å². The molecule has 1 aromatic heterocycles. The predicted octanol–water partition coefficient (Wildman–Crippen LogP) is 3.10. The van der Waals surface area contributed by atoms with Crippen LogP contribution < -0.4 is 10.2 Å². The molecule has 0 atom stereocenters. The molecule has 2 heterocycles. The fourth-order valence-electron chi connectivity index (χ4n) is 3.17. The van der Waals surface area contributed by atoms with Gasteiger partial charge in [0, 0.05) is 43.6 Å². The van der Waals surface area contributed by atoms with Crippen LogP contribution in [-0.4, -0.2) is 47.5 Å². The quantitative estimate of drug-likeness (QED) is 0.856. The van der Waals surface area contributed by atoms with E-state index >= 15 is 0 Å². The predicted molar refractivity (Wildman–Crippen MR) is 105 cm³/mol. The second kappa shape index (κ2) is 7.32. The summed E-state index contributed by atoms with van der Waals surface area (Å²) in [4.78, 5) is 24.1. The summed E-state index contributed by atoms with van der Waals surface area (Å²) in [6.07, 6.45) is 0.908. The van der Waals surface area contributed by atoms with Crippen LogP contribution in [0.2, 0.25) is 0 Å². The molecule has 0 unspecified atom stereocenters. The van der Waals surface area contributed by atoms with Crippen molar-refractivity contribution in [3.05, 3.63) is 41.6 Å². The van der Waals surface area contributed by atoms with E-state index < -0.39 is 0 Å². The van der Waals surface area contributed by atoms with E-state index in [1.165, 1.54) is 5.56 Å². The van der Waals surface area contributed by atoms with Crippen molar-refractivity contribution in [2.24, 2.45) is 0 Å². The van der Waals surface area contributed by atoms with Crippen molar-refractivity contribution in [1.82, 2.24) is 14.9 Å². The standard InChI is InChI=1S/C20H27N5O/c1-15-13-18(22-17-8-6-5-7-16(17)20(2,3)4)23-19(21-15)25-11-9-24(14-26)10-12-25/h5-8,13-14H,9-12H2,1-4H3,(H,21,22,23). The molecule has 6 heteroatoms. The molecule has 0 aliphatic carbocycles. The van der Waals surface area contributed by atoms with Crippen LogP contribution in [0, 0.1) is 6.92 Å². The zero-order valence-corrected chi connectivity index (χ0v) is 16.0. The number of hydrogen-bond donors (Lipinski definition) is 1. The van der Waals surface area contributed by atoms with Gasteiger partial charge in [-0.2, -0.15) is 4.98 Å². The number of amides is 1. The molecule has 138 valence electrons. The van der Waals surface area contributed by atoms with Crippen LogP contribution >= 0.6 is 0 Å². The smallest absolute Gasteiger partial charge is 0.227 e. The van der Waals surface area contributed by atoms with Crippen LogP contribution in [0.25, 0.3) is 0 Å². The van der Waals surface area contributed by atoms with Gasteiger partial charge in [0.2, 0.25) is 12.4 Å². The van der Waals surface area contributed by atoms with Gasteiger partial charge in [-0.05, 0) is 24.0 Å². The highest BCUT2D eigenvalue weighted by Gasteiger charge is 2.20. The Morgan fingerprint density at radius 2 is 1.77 bits per heavy atom. The number of nitrogens with one attached hydrogen (secondary N) is 1. The van der Waals surface area contributed by atoms with E-state index in [9.17, 15) is 4.79 Å². The lowest BCUT2D eigenvalue weighted by molar-refractivity contribution is -0.118. The fourth-order valence-corrected chi connectivity index (χ4v) is 3.17. The van der Waals surface area contributed by atoms with Crippen LogP contribution in [0.3, 0.4) is 0 Å². The number of aromatic nitrogens is 2. The van der Waals surface area contributed by atoms with E-state index in [1.807, 2.05) is 19.1 Å². The topological polar surface area (TPSA) is 61.4 Å².